The molecule has 6 nitrogen and oxygen atoms in total. The van der Waals surface area contributed by atoms with Gasteiger partial charge in [-0.05, 0) is 44.9 Å². The number of fused-ring (bicyclic) bond motifs is 2. The van der Waals surface area contributed by atoms with Crippen LogP contribution in [0.4, 0.5) is 0 Å². The molecule has 1 aliphatic carbocycles. The van der Waals surface area contributed by atoms with Crippen molar-refractivity contribution in [2.24, 2.45) is 23.7 Å². The van der Waals surface area contributed by atoms with Crippen molar-refractivity contribution in [3.8, 4) is 0 Å². The van der Waals surface area contributed by atoms with E-state index < -0.39 is 17.7 Å². The number of hydrogen-bond donors (Lipinski definition) is 0. The minimum atomic E-state index is -0.762. The third-order valence-corrected chi connectivity index (χ3v) is 6.83. The van der Waals surface area contributed by atoms with Gasteiger partial charge in [-0.1, -0.05) is 13.8 Å². The predicted molar refractivity (Wildman–Crippen MR) is 88.1 cm³/mol. The van der Waals surface area contributed by atoms with Gasteiger partial charge in [0.1, 0.15) is 5.78 Å². The highest BCUT2D eigenvalue weighted by Gasteiger charge is 2.69. The highest BCUT2D eigenvalue weighted by Crippen LogP contribution is 2.60. The average molecular weight is 354 g/mol. The van der Waals surface area contributed by atoms with E-state index in [2.05, 4.69) is 13.8 Å². The topological polar surface area (TPSA) is 63.2 Å². The summed E-state index contributed by atoms with van der Waals surface area (Å²) in [6, 6.07) is 0. The first-order chi connectivity index (χ1) is 11.9. The Bertz CT molecular complexity index is 538. The van der Waals surface area contributed by atoms with E-state index in [9.17, 15) is 4.79 Å². The van der Waals surface area contributed by atoms with Gasteiger partial charge in [0.05, 0.1) is 6.61 Å². The van der Waals surface area contributed by atoms with Gasteiger partial charge in [-0.15, -0.1) is 0 Å². The quantitative estimate of drug-likeness (QED) is 0.723. The highest BCUT2D eigenvalue weighted by atomic mass is 17.3. The molecule has 1 saturated carbocycles. The lowest BCUT2D eigenvalue weighted by Crippen LogP contribution is -2.70. The minimum Gasteiger partial charge on any atom is -0.352 e. The number of hydrogen-bond acceptors (Lipinski definition) is 6. The predicted octanol–water partition coefficient (Wildman–Crippen LogP) is 3.19. The smallest absolute Gasteiger partial charge is 0.201 e. The normalized spacial score (nSPS) is 51.7. The fraction of sp³-hybridized carbons (Fsp3) is 0.947. The highest BCUT2D eigenvalue weighted by molar-refractivity contribution is 5.75. The fourth-order valence-electron chi connectivity index (χ4n) is 5.38. The second-order valence-electron chi connectivity index (χ2n) is 8.60. The molecule has 0 radical (unpaired) electrons. The summed E-state index contributed by atoms with van der Waals surface area (Å²) in [5.41, 5.74) is -0.548. The first kappa shape index (κ1) is 17.9. The van der Waals surface area contributed by atoms with Crippen LogP contribution in [0.3, 0.4) is 0 Å². The number of rotatable bonds is 4. The van der Waals surface area contributed by atoms with Crippen molar-refractivity contribution >= 4 is 5.78 Å². The fourth-order valence-corrected chi connectivity index (χ4v) is 5.38. The Balaban J connectivity index is 1.62. The molecule has 25 heavy (non-hydrogen) atoms. The van der Waals surface area contributed by atoms with Crippen LogP contribution in [0.15, 0.2) is 0 Å². The molecule has 4 heterocycles. The maximum Gasteiger partial charge on any atom is 0.201 e. The van der Waals surface area contributed by atoms with E-state index in [0.29, 0.717) is 24.9 Å². The Hall–Kier alpha value is -0.530. The Morgan fingerprint density at radius 1 is 1.16 bits per heavy atom. The van der Waals surface area contributed by atoms with Gasteiger partial charge in [-0.2, -0.15) is 0 Å². The Labute approximate surface area is 149 Å². The molecule has 5 fully saturated rings. The van der Waals surface area contributed by atoms with Gasteiger partial charge in [0, 0.05) is 24.7 Å². The lowest BCUT2D eigenvalue weighted by molar-refractivity contribution is -0.577. The molecule has 0 aromatic heterocycles. The summed E-state index contributed by atoms with van der Waals surface area (Å²) in [7, 11) is 0. The van der Waals surface area contributed by atoms with Crippen molar-refractivity contribution in [1.29, 1.82) is 0 Å². The van der Waals surface area contributed by atoms with Gasteiger partial charge in [0.25, 0.3) is 0 Å². The van der Waals surface area contributed by atoms with Crippen LogP contribution in [-0.2, 0) is 28.8 Å². The molecule has 4 saturated heterocycles. The summed E-state index contributed by atoms with van der Waals surface area (Å²) < 4.78 is 18.5. The first-order valence-corrected chi connectivity index (χ1v) is 9.67. The molecule has 2 bridgehead atoms. The van der Waals surface area contributed by atoms with Crippen LogP contribution in [0.25, 0.3) is 0 Å². The second kappa shape index (κ2) is 6.27. The monoisotopic (exact) mass is 354 g/mol. The lowest BCUT2D eigenvalue weighted by Gasteiger charge is -2.60. The summed E-state index contributed by atoms with van der Waals surface area (Å²) in [4.78, 5) is 23.1. The van der Waals surface area contributed by atoms with Crippen molar-refractivity contribution in [3.63, 3.8) is 0 Å². The van der Waals surface area contributed by atoms with Crippen molar-refractivity contribution < 1.29 is 28.8 Å². The summed E-state index contributed by atoms with van der Waals surface area (Å²) in [5.74, 6) is 0.701. The number of carbonyl (C=O) groups is 1. The van der Waals surface area contributed by atoms with Gasteiger partial charge < -0.3 is 14.2 Å². The molecular weight excluding hydrogens is 324 g/mol. The Morgan fingerprint density at radius 2 is 1.96 bits per heavy atom. The third-order valence-electron chi connectivity index (χ3n) is 6.83. The standard InChI is InChI=1S/C19H30O6/c1-11-5-6-15-13(3)16(21-10-8-12(2)20)22-17-19(15)14(11)7-9-18(4,23-17)24-25-19/h11,13-17H,5-10H2,1-4H3/t11-,13-,14+,15+,16-,17-,18?,19-/m1/s1. The van der Waals surface area contributed by atoms with Crippen molar-refractivity contribution in [1.82, 2.24) is 0 Å². The van der Waals surface area contributed by atoms with Crippen molar-refractivity contribution in [2.75, 3.05) is 6.61 Å². The van der Waals surface area contributed by atoms with E-state index in [0.717, 1.165) is 19.3 Å². The Kier molecular flexibility index (Phi) is 4.48. The zero-order valence-corrected chi connectivity index (χ0v) is 15.7. The molecule has 142 valence electrons. The number of carbonyl (C=O) groups excluding carboxylic acids is 1. The minimum absolute atomic E-state index is 0.125. The van der Waals surface area contributed by atoms with E-state index in [1.54, 1.807) is 6.92 Å². The molecule has 0 amide bonds. The third kappa shape index (κ3) is 2.77. The SMILES string of the molecule is CC(=O)CCO[C@@H]1O[C@@H]2OC3(C)CC[C@H]4[C@H](C)CC[C@@H]([C@H]1C)[C@@]24OO3. The molecular formula is C19H30O6. The zero-order chi connectivity index (χ0) is 17.8. The summed E-state index contributed by atoms with van der Waals surface area (Å²) >= 11 is 0. The molecule has 1 unspecified atom stereocenters. The van der Waals surface area contributed by atoms with Crippen LogP contribution >= 0.6 is 0 Å². The van der Waals surface area contributed by atoms with E-state index in [1.165, 1.54) is 6.42 Å². The van der Waals surface area contributed by atoms with E-state index in [-0.39, 0.29) is 23.9 Å². The van der Waals surface area contributed by atoms with Gasteiger partial charge in [-0.25, -0.2) is 9.78 Å². The molecule has 0 N–H and O–H groups in total. The van der Waals surface area contributed by atoms with E-state index in [4.69, 9.17) is 24.0 Å². The van der Waals surface area contributed by atoms with Crippen LogP contribution in [0.5, 0.6) is 0 Å². The molecule has 8 atom stereocenters. The van der Waals surface area contributed by atoms with Gasteiger partial charge in [0.2, 0.25) is 5.79 Å². The maximum atomic E-state index is 11.2. The summed E-state index contributed by atoms with van der Waals surface area (Å²) in [5, 5.41) is 0. The van der Waals surface area contributed by atoms with Crippen molar-refractivity contribution in [3.05, 3.63) is 0 Å². The zero-order valence-electron chi connectivity index (χ0n) is 15.7. The molecule has 4 aliphatic heterocycles. The molecule has 0 aromatic rings. The van der Waals surface area contributed by atoms with E-state index in [1.807, 2.05) is 6.92 Å². The molecule has 6 heteroatoms. The van der Waals surface area contributed by atoms with Crippen LogP contribution in [0.2, 0.25) is 0 Å². The number of ketones is 1. The number of ether oxygens (including phenoxy) is 3. The van der Waals surface area contributed by atoms with E-state index >= 15 is 0 Å². The summed E-state index contributed by atoms with van der Waals surface area (Å²) in [6.45, 7) is 8.34. The van der Waals surface area contributed by atoms with Crippen LogP contribution < -0.4 is 0 Å². The summed E-state index contributed by atoms with van der Waals surface area (Å²) in [6.07, 6.45) is 3.61. The molecule has 1 spiro atoms. The maximum absolute atomic E-state index is 11.2. The van der Waals surface area contributed by atoms with Gasteiger partial charge in [-0.3, -0.25) is 4.79 Å². The average Bonchev–Trinajstić information content (AvgIpc) is 2.78. The first-order valence-electron chi connectivity index (χ1n) is 9.67. The van der Waals surface area contributed by atoms with Crippen LogP contribution in [-0.4, -0.2) is 36.4 Å². The van der Waals surface area contributed by atoms with Gasteiger partial charge in [0.15, 0.2) is 18.2 Å². The van der Waals surface area contributed by atoms with Crippen molar-refractivity contribution in [2.45, 2.75) is 83.8 Å². The lowest BCUT2D eigenvalue weighted by atomic mass is 9.58. The second-order valence-corrected chi connectivity index (χ2v) is 8.60. The van der Waals surface area contributed by atoms with Crippen LogP contribution in [0, 0.1) is 23.7 Å². The number of Topliss-reactive ketones (excluding diaryl/α,β-unsaturated/α-hetero) is 1. The van der Waals surface area contributed by atoms with Gasteiger partial charge >= 0.3 is 0 Å². The Morgan fingerprint density at radius 3 is 2.72 bits per heavy atom. The van der Waals surface area contributed by atoms with Crippen LogP contribution in [0.1, 0.15) is 59.8 Å². The molecule has 0 aromatic carbocycles. The molecule has 5 aliphatic rings. The largest absolute Gasteiger partial charge is 0.352 e. The molecule has 5 rings (SSSR count).